The average molecular weight is 257 g/mol. The second kappa shape index (κ2) is 5.74. The smallest absolute Gasteiger partial charge is 0.251 e. The molecule has 0 saturated heterocycles. The monoisotopic (exact) mass is 257 g/mol. The average Bonchev–Trinajstić information content (AvgIpc) is 2.38. The Morgan fingerprint density at radius 2 is 1.67 bits per heavy atom. The molecule has 0 fully saturated rings. The number of hydrogen-bond donors (Lipinski definition) is 2. The molecule has 0 aliphatic carbocycles. The molecule has 0 atom stereocenters. The molecule has 2 aromatic carbocycles. The summed E-state index contributed by atoms with van der Waals surface area (Å²) < 4.78 is 0. The standard InChI is InChI=1S/C15H15NOS/c1-11-2-4-12(5-3-11)10-16-15(17)13-6-8-14(18)9-7-13/h2-9,18H,10H2,1H3,(H,16,17). The lowest BCUT2D eigenvalue weighted by Gasteiger charge is -2.06. The number of rotatable bonds is 3. The maximum atomic E-state index is 11.9. The third-order valence-corrected chi connectivity index (χ3v) is 3.00. The second-order valence-electron chi connectivity index (χ2n) is 4.22. The molecule has 2 nitrogen and oxygen atoms in total. The molecule has 0 heterocycles. The van der Waals surface area contributed by atoms with Gasteiger partial charge in [0, 0.05) is 17.0 Å². The van der Waals surface area contributed by atoms with Crippen LogP contribution in [-0.4, -0.2) is 5.91 Å². The minimum Gasteiger partial charge on any atom is -0.348 e. The van der Waals surface area contributed by atoms with Crippen molar-refractivity contribution in [3.05, 3.63) is 65.2 Å². The maximum Gasteiger partial charge on any atom is 0.251 e. The third-order valence-electron chi connectivity index (χ3n) is 2.70. The molecule has 2 aromatic rings. The van der Waals surface area contributed by atoms with Gasteiger partial charge in [0.1, 0.15) is 0 Å². The molecule has 0 aliphatic rings. The van der Waals surface area contributed by atoms with E-state index in [4.69, 9.17) is 0 Å². The van der Waals surface area contributed by atoms with E-state index in [-0.39, 0.29) is 5.91 Å². The number of amides is 1. The lowest BCUT2D eigenvalue weighted by atomic mass is 10.1. The van der Waals surface area contributed by atoms with Crippen LogP contribution in [0.1, 0.15) is 21.5 Å². The minimum absolute atomic E-state index is 0.0658. The molecular weight excluding hydrogens is 242 g/mol. The van der Waals surface area contributed by atoms with Crippen molar-refractivity contribution < 1.29 is 4.79 Å². The Morgan fingerprint density at radius 3 is 2.28 bits per heavy atom. The van der Waals surface area contributed by atoms with Gasteiger partial charge in [-0.05, 0) is 36.8 Å². The number of thiol groups is 1. The van der Waals surface area contributed by atoms with Gasteiger partial charge in [-0.25, -0.2) is 0 Å². The van der Waals surface area contributed by atoms with E-state index in [1.54, 1.807) is 12.1 Å². The van der Waals surface area contributed by atoms with Gasteiger partial charge in [0.15, 0.2) is 0 Å². The number of nitrogens with one attached hydrogen (secondary N) is 1. The molecule has 0 aromatic heterocycles. The quantitative estimate of drug-likeness (QED) is 0.812. The van der Waals surface area contributed by atoms with Gasteiger partial charge in [-0.15, -0.1) is 12.6 Å². The van der Waals surface area contributed by atoms with Crippen molar-refractivity contribution in [1.29, 1.82) is 0 Å². The lowest BCUT2D eigenvalue weighted by Crippen LogP contribution is -2.22. The van der Waals surface area contributed by atoms with Gasteiger partial charge in [-0.2, -0.15) is 0 Å². The first kappa shape index (κ1) is 12.7. The van der Waals surface area contributed by atoms with E-state index in [2.05, 4.69) is 17.9 Å². The van der Waals surface area contributed by atoms with Crippen molar-refractivity contribution in [2.24, 2.45) is 0 Å². The van der Waals surface area contributed by atoms with Gasteiger partial charge in [0.2, 0.25) is 0 Å². The molecule has 0 saturated carbocycles. The van der Waals surface area contributed by atoms with Crippen LogP contribution in [-0.2, 0) is 6.54 Å². The van der Waals surface area contributed by atoms with E-state index in [9.17, 15) is 4.79 Å². The van der Waals surface area contributed by atoms with Gasteiger partial charge in [-0.3, -0.25) is 4.79 Å². The summed E-state index contributed by atoms with van der Waals surface area (Å²) in [5.74, 6) is -0.0658. The predicted octanol–water partition coefficient (Wildman–Crippen LogP) is 3.21. The van der Waals surface area contributed by atoms with Crippen LogP contribution in [0, 0.1) is 6.92 Å². The first-order chi connectivity index (χ1) is 8.65. The number of hydrogen-bond acceptors (Lipinski definition) is 2. The molecule has 92 valence electrons. The van der Waals surface area contributed by atoms with Crippen LogP contribution in [0.3, 0.4) is 0 Å². The highest BCUT2D eigenvalue weighted by atomic mass is 32.1. The molecule has 3 heteroatoms. The van der Waals surface area contributed by atoms with Crippen molar-refractivity contribution in [3.8, 4) is 0 Å². The zero-order chi connectivity index (χ0) is 13.0. The highest BCUT2D eigenvalue weighted by Gasteiger charge is 2.04. The highest BCUT2D eigenvalue weighted by molar-refractivity contribution is 7.80. The molecule has 18 heavy (non-hydrogen) atoms. The summed E-state index contributed by atoms with van der Waals surface area (Å²) in [6, 6.07) is 15.3. The fraction of sp³-hybridized carbons (Fsp3) is 0.133. The maximum absolute atomic E-state index is 11.9. The predicted molar refractivity (Wildman–Crippen MR) is 76.0 cm³/mol. The summed E-state index contributed by atoms with van der Waals surface area (Å²) in [6.45, 7) is 2.59. The third kappa shape index (κ3) is 3.37. The molecule has 0 bridgehead atoms. The van der Waals surface area contributed by atoms with E-state index < -0.39 is 0 Å². The van der Waals surface area contributed by atoms with E-state index >= 15 is 0 Å². The summed E-state index contributed by atoms with van der Waals surface area (Å²) in [5, 5.41) is 2.89. The lowest BCUT2D eigenvalue weighted by molar-refractivity contribution is 0.0951. The van der Waals surface area contributed by atoms with Crippen LogP contribution < -0.4 is 5.32 Å². The molecule has 0 spiro atoms. The van der Waals surface area contributed by atoms with Crippen LogP contribution in [0.15, 0.2) is 53.4 Å². The Morgan fingerprint density at radius 1 is 1.06 bits per heavy atom. The topological polar surface area (TPSA) is 29.1 Å². The Bertz CT molecular complexity index is 531. The Labute approximate surface area is 112 Å². The van der Waals surface area contributed by atoms with Crippen LogP contribution in [0.5, 0.6) is 0 Å². The molecule has 0 unspecified atom stereocenters. The van der Waals surface area contributed by atoms with E-state index in [0.717, 1.165) is 10.5 Å². The van der Waals surface area contributed by atoms with Gasteiger partial charge in [0.25, 0.3) is 5.91 Å². The molecule has 1 N–H and O–H groups in total. The van der Waals surface area contributed by atoms with E-state index in [0.29, 0.717) is 12.1 Å². The largest absolute Gasteiger partial charge is 0.348 e. The van der Waals surface area contributed by atoms with Crippen LogP contribution >= 0.6 is 12.6 Å². The van der Waals surface area contributed by atoms with E-state index in [1.165, 1.54) is 5.56 Å². The van der Waals surface area contributed by atoms with Crippen molar-refractivity contribution in [2.45, 2.75) is 18.4 Å². The summed E-state index contributed by atoms with van der Waals surface area (Å²) in [4.78, 5) is 12.7. The molecule has 0 radical (unpaired) electrons. The van der Waals surface area contributed by atoms with E-state index in [1.807, 2.05) is 43.3 Å². The summed E-state index contributed by atoms with van der Waals surface area (Å²) in [6.07, 6.45) is 0. The van der Waals surface area contributed by atoms with Crippen molar-refractivity contribution in [1.82, 2.24) is 5.32 Å². The van der Waals surface area contributed by atoms with Crippen molar-refractivity contribution in [3.63, 3.8) is 0 Å². The molecule has 0 aliphatic heterocycles. The Hall–Kier alpha value is -1.74. The molecular formula is C15H15NOS. The van der Waals surface area contributed by atoms with Crippen molar-refractivity contribution in [2.75, 3.05) is 0 Å². The fourth-order valence-corrected chi connectivity index (χ4v) is 1.75. The van der Waals surface area contributed by atoms with Crippen LogP contribution in [0.25, 0.3) is 0 Å². The highest BCUT2D eigenvalue weighted by Crippen LogP contribution is 2.08. The molecule has 2 rings (SSSR count). The molecule has 1 amide bonds. The van der Waals surface area contributed by atoms with Crippen molar-refractivity contribution >= 4 is 18.5 Å². The minimum atomic E-state index is -0.0658. The first-order valence-corrected chi connectivity index (χ1v) is 6.22. The number of benzene rings is 2. The van der Waals surface area contributed by atoms with Gasteiger partial charge in [0.05, 0.1) is 0 Å². The second-order valence-corrected chi connectivity index (χ2v) is 4.73. The number of aryl methyl sites for hydroxylation is 1. The Balaban J connectivity index is 1.96. The SMILES string of the molecule is Cc1ccc(CNC(=O)c2ccc(S)cc2)cc1. The normalized spacial score (nSPS) is 10.1. The first-order valence-electron chi connectivity index (χ1n) is 5.78. The summed E-state index contributed by atoms with van der Waals surface area (Å²) in [7, 11) is 0. The van der Waals surface area contributed by atoms with Gasteiger partial charge in [-0.1, -0.05) is 29.8 Å². The summed E-state index contributed by atoms with van der Waals surface area (Å²) in [5.41, 5.74) is 2.97. The van der Waals surface area contributed by atoms with Gasteiger partial charge >= 0.3 is 0 Å². The zero-order valence-corrected chi connectivity index (χ0v) is 11.1. The number of carbonyl (C=O) groups excluding carboxylic acids is 1. The summed E-state index contributed by atoms with van der Waals surface area (Å²) >= 11 is 4.19. The zero-order valence-electron chi connectivity index (χ0n) is 10.2. The number of carbonyl (C=O) groups is 1. The fourth-order valence-electron chi connectivity index (χ4n) is 1.60. The van der Waals surface area contributed by atoms with Crippen LogP contribution in [0.4, 0.5) is 0 Å². The van der Waals surface area contributed by atoms with Gasteiger partial charge < -0.3 is 5.32 Å². The van der Waals surface area contributed by atoms with Crippen LogP contribution in [0.2, 0.25) is 0 Å². The Kier molecular flexibility index (Phi) is 4.05.